The quantitative estimate of drug-likeness (QED) is 0.736. The molecule has 0 spiro atoms. The first-order valence-corrected chi connectivity index (χ1v) is 9.41. The van der Waals surface area contributed by atoms with Gasteiger partial charge >= 0.3 is 0 Å². The molecule has 1 fully saturated rings. The minimum absolute atomic E-state index is 0.206. The third-order valence-corrected chi connectivity index (χ3v) is 4.82. The molecule has 1 aliphatic heterocycles. The molecular formula is C21H23FN6. The number of nitrogens with zero attached hydrogens (tertiary/aromatic N) is 5. The Morgan fingerprint density at radius 1 is 0.929 bits per heavy atom. The van der Waals surface area contributed by atoms with Crippen LogP contribution in [0.3, 0.4) is 0 Å². The van der Waals surface area contributed by atoms with Crippen molar-refractivity contribution in [2.75, 3.05) is 41.3 Å². The summed E-state index contributed by atoms with van der Waals surface area (Å²) >= 11 is 0. The van der Waals surface area contributed by atoms with Gasteiger partial charge in [0.05, 0.1) is 0 Å². The van der Waals surface area contributed by atoms with E-state index in [1.807, 2.05) is 37.3 Å². The van der Waals surface area contributed by atoms with Crippen LogP contribution in [0.4, 0.5) is 21.8 Å². The van der Waals surface area contributed by atoms with Crippen LogP contribution in [0.5, 0.6) is 0 Å². The predicted molar refractivity (Wildman–Crippen MR) is 109 cm³/mol. The number of piperazine rings is 1. The van der Waals surface area contributed by atoms with Crippen molar-refractivity contribution >= 4 is 17.5 Å². The van der Waals surface area contributed by atoms with Gasteiger partial charge in [-0.1, -0.05) is 0 Å². The summed E-state index contributed by atoms with van der Waals surface area (Å²) < 4.78 is 13.1. The Bertz CT molecular complexity index is 908. The van der Waals surface area contributed by atoms with E-state index < -0.39 is 0 Å². The molecule has 1 aliphatic rings. The van der Waals surface area contributed by atoms with Crippen molar-refractivity contribution in [3.63, 3.8) is 0 Å². The van der Waals surface area contributed by atoms with E-state index >= 15 is 0 Å². The molecule has 0 radical (unpaired) electrons. The number of hydrogen-bond donors (Lipinski definition) is 1. The molecule has 0 bridgehead atoms. The summed E-state index contributed by atoms with van der Waals surface area (Å²) in [7, 11) is 0. The summed E-state index contributed by atoms with van der Waals surface area (Å²) in [6.07, 6.45) is 3.57. The number of aryl methyl sites for hydroxylation is 1. The molecular weight excluding hydrogens is 355 g/mol. The predicted octanol–water partition coefficient (Wildman–Crippen LogP) is 3.26. The fraction of sp³-hybridized carbons (Fsp3) is 0.286. The number of benzene rings is 1. The zero-order valence-corrected chi connectivity index (χ0v) is 15.8. The van der Waals surface area contributed by atoms with Gasteiger partial charge in [-0.25, -0.2) is 9.37 Å². The normalized spacial score (nSPS) is 14.2. The molecule has 1 N–H and O–H groups in total. The lowest BCUT2D eigenvalue weighted by Gasteiger charge is -2.36. The van der Waals surface area contributed by atoms with E-state index in [2.05, 4.69) is 25.1 Å². The highest BCUT2D eigenvalue weighted by molar-refractivity contribution is 5.49. The lowest BCUT2D eigenvalue weighted by Crippen LogP contribution is -2.47. The summed E-state index contributed by atoms with van der Waals surface area (Å²) in [5, 5.41) is 3.37. The van der Waals surface area contributed by atoms with Crippen molar-refractivity contribution in [1.82, 2.24) is 15.0 Å². The van der Waals surface area contributed by atoms with Crippen LogP contribution in [0.1, 0.15) is 11.3 Å². The lowest BCUT2D eigenvalue weighted by molar-refractivity contribution is 0.623. The number of rotatable bonds is 5. The van der Waals surface area contributed by atoms with Crippen molar-refractivity contribution in [3.05, 3.63) is 71.9 Å². The van der Waals surface area contributed by atoms with Crippen LogP contribution in [0.25, 0.3) is 0 Å². The van der Waals surface area contributed by atoms with Crippen LogP contribution in [0.15, 0.2) is 54.9 Å². The second-order valence-electron chi connectivity index (χ2n) is 6.85. The molecule has 144 valence electrons. The largest absolute Gasteiger partial charge is 0.368 e. The minimum Gasteiger partial charge on any atom is -0.368 e. The monoisotopic (exact) mass is 378 g/mol. The van der Waals surface area contributed by atoms with Crippen LogP contribution in [-0.2, 0) is 6.54 Å². The van der Waals surface area contributed by atoms with Crippen LogP contribution >= 0.6 is 0 Å². The van der Waals surface area contributed by atoms with Crippen LogP contribution in [0, 0.1) is 12.7 Å². The second kappa shape index (κ2) is 8.21. The highest BCUT2D eigenvalue weighted by Crippen LogP contribution is 2.20. The van der Waals surface area contributed by atoms with E-state index in [1.54, 1.807) is 12.4 Å². The van der Waals surface area contributed by atoms with Crippen molar-refractivity contribution in [2.24, 2.45) is 0 Å². The van der Waals surface area contributed by atoms with Crippen molar-refractivity contribution in [2.45, 2.75) is 13.5 Å². The van der Waals surface area contributed by atoms with Gasteiger partial charge in [0.1, 0.15) is 11.6 Å². The molecule has 0 aliphatic carbocycles. The smallest absolute Gasteiger partial charge is 0.227 e. The molecule has 1 aromatic carbocycles. The van der Waals surface area contributed by atoms with Gasteiger partial charge in [-0.3, -0.25) is 4.98 Å². The fourth-order valence-corrected chi connectivity index (χ4v) is 3.29. The number of aromatic nitrogens is 3. The molecule has 6 nitrogen and oxygen atoms in total. The van der Waals surface area contributed by atoms with E-state index in [0.29, 0.717) is 6.54 Å². The van der Waals surface area contributed by atoms with Crippen molar-refractivity contribution in [1.29, 1.82) is 0 Å². The topological polar surface area (TPSA) is 57.2 Å². The van der Waals surface area contributed by atoms with E-state index in [0.717, 1.165) is 54.9 Å². The van der Waals surface area contributed by atoms with Gasteiger partial charge in [-0.05, 0) is 48.9 Å². The average molecular weight is 378 g/mol. The lowest BCUT2D eigenvalue weighted by atomic mass is 10.2. The van der Waals surface area contributed by atoms with E-state index in [1.165, 1.54) is 12.1 Å². The minimum atomic E-state index is -0.206. The van der Waals surface area contributed by atoms with Gasteiger partial charge in [0.25, 0.3) is 0 Å². The molecule has 4 rings (SSSR count). The molecule has 3 aromatic rings. The molecule has 0 unspecified atom stereocenters. The first-order valence-electron chi connectivity index (χ1n) is 9.41. The first kappa shape index (κ1) is 18.2. The fourth-order valence-electron chi connectivity index (χ4n) is 3.29. The first-order chi connectivity index (χ1) is 13.7. The Kier molecular flexibility index (Phi) is 5.32. The van der Waals surface area contributed by atoms with Gasteiger partial charge in [-0.2, -0.15) is 4.98 Å². The summed E-state index contributed by atoms with van der Waals surface area (Å²) in [6, 6.07) is 12.6. The van der Waals surface area contributed by atoms with Crippen LogP contribution in [0.2, 0.25) is 0 Å². The number of anilines is 3. The number of pyridine rings is 1. The Hall–Kier alpha value is -3.22. The maximum atomic E-state index is 13.1. The summed E-state index contributed by atoms with van der Waals surface area (Å²) in [5.74, 6) is 1.36. The third-order valence-electron chi connectivity index (χ3n) is 4.82. The van der Waals surface area contributed by atoms with Gasteiger partial charge < -0.3 is 15.1 Å². The van der Waals surface area contributed by atoms with Crippen molar-refractivity contribution in [3.8, 4) is 0 Å². The molecule has 7 heteroatoms. The zero-order valence-electron chi connectivity index (χ0n) is 15.8. The maximum Gasteiger partial charge on any atom is 0.227 e. The standard InChI is InChI=1S/C21H23FN6/c1-16-14-20(24-15-17-6-8-23-9-7-17)26-21(25-16)28-12-10-27(11-13-28)19-4-2-18(22)3-5-19/h2-9,14H,10-13,15H2,1H3,(H,24,25,26). The zero-order chi connectivity index (χ0) is 19.3. The summed E-state index contributed by atoms with van der Waals surface area (Å²) in [5.41, 5.74) is 3.13. The third kappa shape index (κ3) is 4.36. The molecule has 3 heterocycles. The molecule has 1 saturated heterocycles. The van der Waals surface area contributed by atoms with Gasteiger partial charge in [0.2, 0.25) is 5.95 Å². The highest BCUT2D eigenvalue weighted by atomic mass is 19.1. The number of halogens is 1. The van der Waals surface area contributed by atoms with Crippen molar-refractivity contribution < 1.29 is 4.39 Å². The molecule has 28 heavy (non-hydrogen) atoms. The average Bonchev–Trinajstić information content (AvgIpc) is 2.73. The van der Waals surface area contributed by atoms with E-state index in [-0.39, 0.29) is 5.82 Å². The molecule has 0 atom stereocenters. The molecule has 0 amide bonds. The Morgan fingerprint density at radius 3 is 2.32 bits per heavy atom. The number of nitrogens with one attached hydrogen (secondary N) is 1. The van der Waals surface area contributed by atoms with Gasteiger partial charge in [-0.15, -0.1) is 0 Å². The second-order valence-corrected chi connectivity index (χ2v) is 6.85. The molecule has 0 saturated carbocycles. The Labute approximate surface area is 164 Å². The highest BCUT2D eigenvalue weighted by Gasteiger charge is 2.20. The van der Waals surface area contributed by atoms with E-state index in [9.17, 15) is 4.39 Å². The SMILES string of the molecule is Cc1cc(NCc2ccncc2)nc(N2CCN(c3ccc(F)cc3)CC2)n1. The Morgan fingerprint density at radius 2 is 1.61 bits per heavy atom. The van der Waals surface area contributed by atoms with Crippen LogP contribution < -0.4 is 15.1 Å². The maximum absolute atomic E-state index is 13.1. The summed E-state index contributed by atoms with van der Waals surface area (Å²) in [4.78, 5) is 17.8. The number of hydrogen-bond acceptors (Lipinski definition) is 6. The Balaban J connectivity index is 1.40. The molecule has 2 aromatic heterocycles. The summed E-state index contributed by atoms with van der Waals surface area (Å²) in [6.45, 7) is 6.02. The van der Waals surface area contributed by atoms with Crippen LogP contribution in [-0.4, -0.2) is 41.1 Å². The van der Waals surface area contributed by atoms with Gasteiger partial charge in [0.15, 0.2) is 0 Å². The van der Waals surface area contributed by atoms with Gasteiger partial charge in [0, 0.05) is 62.6 Å². The van der Waals surface area contributed by atoms with E-state index in [4.69, 9.17) is 4.98 Å².